The molecule has 4 heteroatoms. The zero-order valence-electron chi connectivity index (χ0n) is 10.2. The van der Waals surface area contributed by atoms with E-state index in [4.69, 9.17) is 0 Å². The highest BCUT2D eigenvalue weighted by Gasteiger charge is 2.40. The van der Waals surface area contributed by atoms with Crippen LogP contribution in [0.2, 0.25) is 0 Å². The normalized spacial score (nSPS) is 13.9. The van der Waals surface area contributed by atoms with Gasteiger partial charge in [0.1, 0.15) is 5.78 Å². The van der Waals surface area contributed by atoms with Crippen LogP contribution in [0, 0.1) is 6.92 Å². The molecule has 1 rings (SSSR count). The number of hydrogen-bond acceptors (Lipinski definition) is 4. The Balaban J connectivity index is 3.23. The Labute approximate surface area is 100 Å². The predicted octanol–water partition coefficient (Wildman–Crippen LogP) is 1.33. The van der Waals surface area contributed by atoms with Gasteiger partial charge in [0, 0.05) is 6.42 Å². The van der Waals surface area contributed by atoms with Crippen LogP contribution in [-0.2, 0) is 19.9 Å². The van der Waals surface area contributed by atoms with Crippen LogP contribution in [0.15, 0.2) is 24.3 Å². The summed E-state index contributed by atoms with van der Waals surface area (Å²) in [6.45, 7) is 3.17. The number of rotatable bonds is 4. The zero-order valence-corrected chi connectivity index (χ0v) is 10.2. The molecule has 1 atom stereocenters. The molecule has 1 aromatic rings. The molecule has 0 saturated heterocycles. The molecule has 0 bridgehead atoms. The molecule has 0 aromatic heterocycles. The van der Waals surface area contributed by atoms with Gasteiger partial charge in [0.2, 0.25) is 0 Å². The molecule has 0 aliphatic heterocycles. The van der Waals surface area contributed by atoms with Crippen LogP contribution < -0.4 is 0 Å². The number of methoxy groups -OCH3 is 1. The molecule has 1 N–H and O–H groups in total. The number of benzene rings is 1. The summed E-state index contributed by atoms with van der Waals surface area (Å²) in [6, 6.07) is 6.83. The second-order valence-electron chi connectivity index (χ2n) is 4.10. The van der Waals surface area contributed by atoms with Crippen molar-refractivity contribution >= 4 is 11.8 Å². The Morgan fingerprint density at radius 1 is 1.41 bits per heavy atom. The largest absolute Gasteiger partial charge is 0.467 e. The fourth-order valence-corrected chi connectivity index (χ4v) is 1.72. The average molecular weight is 236 g/mol. The second kappa shape index (κ2) is 5.10. The maximum atomic E-state index is 11.7. The van der Waals surface area contributed by atoms with Gasteiger partial charge >= 0.3 is 5.97 Å². The maximum absolute atomic E-state index is 11.7. The Morgan fingerprint density at radius 2 is 2.06 bits per heavy atom. The van der Waals surface area contributed by atoms with Crippen molar-refractivity contribution in [3.8, 4) is 0 Å². The van der Waals surface area contributed by atoms with Crippen LogP contribution >= 0.6 is 0 Å². The van der Waals surface area contributed by atoms with Crippen molar-refractivity contribution in [1.29, 1.82) is 0 Å². The minimum atomic E-state index is -1.90. The van der Waals surface area contributed by atoms with Gasteiger partial charge in [-0.25, -0.2) is 4.79 Å². The summed E-state index contributed by atoms with van der Waals surface area (Å²) in [6.07, 6.45) is -0.289. The molecule has 0 unspecified atom stereocenters. The van der Waals surface area contributed by atoms with Gasteiger partial charge in [0.15, 0.2) is 5.60 Å². The van der Waals surface area contributed by atoms with E-state index in [2.05, 4.69) is 4.74 Å². The first-order valence-electron chi connectivity index (χ1n) is 5.27. The van der Waals surface area contributed by atoms with E-state index in [0.29, 0.717) is 5.56 Å². The van der Waals surface area contributed by atoms with E-state index >= 15 is 0 Å². The summed E-state index contributed by atoms with van der Waals surface area (Å²) < 4.78 is 4.57. The van der Waals surface area contributed by atoms with Crippen molar-refractivity contribution in [2.75, 3.05) is 7.11 Å². The van der Waals surface area contributed by atoms with Crippen LogP contribution in [0.25, 0.3) is 0 Å². The van der Waals surface area contributed by atoms with Gasteiger partial charge in [-0.3, -0.25) is 4.79 Å². The lowest BCUT2D eigenvalue weighted by molar-refractivity contribution is -0.166. The molecule has 0 heterocycles. The van der Waals surface area contributed by atoms with E-state index in [9.17, 15) is 14.7 Å². The number of aryl methyl sites for hydroxylation is 1. The van der Waals surface area contributed by atoms with Gasteiger partial charge in [-0.1, -0.05) is 29.8 Å². The summed E-state index contributed by atoms with van der Waals surface area (Å²) in [4.78, 5) is 22.8. The van der Waals surface area contributed by atoms with Crippen molar-refractivity contribution in [2.45, 2.75) is 25.9 Å². The Bertz CT molecular complexity index is 439. The molecule has 17 heavy (non-hydrogen) atoms. The van der Waals surface area contributed by atoms with Crippen molar-refractivity contribution < 1.29 is 19.4 Å². The highest BCUT2D eigenvalue weighted by Crippen LogP contribution is 2.27. The number of carbonyl (C=O) groups excluding carboxylic acids is 2. The fraction of sp³-hybridized carbons (Fsp3) is 0.385. The van der Waals surface area contributed by atoms with Gasteiger partial charge in [-0.2, -0.15) is 0 Å². The van der Waals surface area contributed by atoms with E-state index in [1.54, 1.807) is 18.2 Å². The molecular formula is C13H16O4. The third kappa shape index (κ3) is 2.91. The molecule has 4 nitrogen and oxygen atoms in total. The number of Topliss-reactive ketones (excluding diaryl/α,β-unsaturated/α-hetero) is 1. The molecule has 0 saturated carbocycles. The highest BCUT2D eigenvalue weighted by molar-refractivity contribution is 5.88. The molecule has 0 aliphatic rings. The summed E-state index contributed by atoms with van der Waals surface area (Å²) in [5.41, 5.74) is -0.625. The molecule has 1 aromatic carbocycles. The molecule has 0 aliphatic carbocycles. The van der Waals surface area contributed by atoms with E-state index in [1.165, 1.54) is 14.0 Å². The van der Waals surface area contributed by atoms with Gasteiger partial charge in [-0.15, -0.1) is 0 Å². The molecule has 92 valence electrons. The first kappa shape index (κ1) is 13.4. The van der Waals surface area contributed by atoms with Crippen LogP contribution in [0.4, 0.5) is 0 Å². The van der Waals surface area contributed by atoms with Crippen molar-refractivity contribution in [3.05, 3.63) is 35.4 Å². The predicted molar refractivity (Wildman–Crippen MR) is 62.4 cm³/mol. The lowest BCUT2D eigenvalue weighted by Crippen LogP contribution is -2.38. The maximum Gasteiger partial charge on any atom is 0.343 e. The van der Waals surface area contributed by atoms with Crippen LogP contribution in [0.1, 0.15) is 24.5 Å². The second-order valence-corrected chi connectivity index (χ2v) is 4.10. The summed E-state index contributed by atoms with van der Waals surface area (Å²) in [5.74, 6) is -1.10. The van der Waals surface area contributed by atoms with E-state index in [1.807, 2.05) is 13.0 Å². The lowest BCUT2D eigenvalue weighted by Gasteiger charge is -2.24. The van der Waals surface area contributed by atoms with Crippen LogP contribution in [0.3, 0.4) is 0 Å². The lowest BCUT2D eigenvalue weighted by atomic mass is 9.88. The third-order valence-corrected chi connectivity index (χ3v) is 2.52. The minimum Gasteiger partial charge on any atom is -0.467 e. The van der Waals surface area contributed by atoms with Crippen molar-refractivity contribution in [2.24, 2.45) is 0 Å². The SMILES string of the molecule is COC(=O)[C@](O)(CC(C)=O)c1cccc(C)c1. The number of ketones is 1. The number of carbonyl (C=O) groups is 2. The molecule has 0 radical (unpaired) electrons. The van der Waals surface area contributed by atoms with Crippen LogP contribution in [-0.4, -0.2) is 24.0 Å². The van der Waals surface area contributed by atoms with Crippen LogP contribution in [0.5, 0.6) is 0 Å². The van der Waals surface area contributed by atoms with Crippen molar-refractivity contribution in [1.82, 2.24) is 0 Å². The Kier molecular flexibility index (Phi) is 4.02. The number of aliphatic hydroxyl groups is 1. The quantitative estimate of drug-likeness (QED) is 0.801. The van der Waals surface area contributed by atoms with Gasteiger partial charge < -0.3 is 9.84 Å². The van der Waals surface area contributed by atoms with E-state index in [0.717, 1.165) is 5.56 Å². The zero-order chi connectivity index (χ0) is 13.1. The average Bonchev–Trinajstić information content (AvgIpc) is 2.26. The Hall–Kier alpha value is -1.68. The number of hydrogen-bond donors (Lipinski definition) is 1. The van der Waals surface area contributed by atoms with Gasteiger partial charge in [0.05, 0.1) is 7.11 Å². The number of ether oxygens (including phenoxy) is 1. The summed E-state index contributed by atoms with van der Waals surface area (Å²) >= 11 is 0. The standard InChI is InChI=1S/C13H16O4/c1-9-5-4-6-11(7-9)13(16,8-10(2)14)12(15)17-3/h4-7,16H,8H2,1-3H3/t13-/m0/s1. The molecule has 0 amide bonds. The Morgan fingerprint density at radius 3 is 2.53 bits per heavy atom. The van der Waals surface area contributed by atoms with Gasteiger partial charge in [0.25, 0.3) is 0 Å². The summed E-state index contributed by atoms with van der Waals surface area (Å²) in [5, 5.41) is 10.4. The molecule has 0 spiro atoms. The van der Waals surface area contributed by atoms with E-state index in [-0.39, 0.29) is 12.2 Å². The van der Waals surface area contributed by atoms with Crippen molar-refractivity contribution in [3.63, 3.8) is 0 Å². The van der Waals surface area contributed by atoms with E-state index < -0.39 is 11.6 Å². The highest BCUT2D eigenvalue weighted by atomic mass is 16.5. The molecular weight excluding hydrogens is 220 g/mol. The minimum absolute atomic E-state index is 0.278. The first-order valence-corrected chi connectivity index (χ1v) is 5.27. The fourth-order valence-electron chi connectivity index (χ4n) is 1.72. The monoisotopic (exact) mass is 236 g/mol. The third-order valence-electron chi connectivity index (χ3n) is 2.52. The number of esters is 1. The summed E-state index contributed by atoms with van der Waals surface area (Å²) in [7, 11) is 1.18. The topological polar surface area (TPSA) is 63.6 Å². The first-order chi connectivity index (χ1) is 7.90. The smallest absolute Gasteiger partial charge is 0.343 e. The van der Waals surface area contributed by atoms with Gasteiger partial charge in [-0.05, 0) is 19.4 Å². The molecule has 0 fully saturated rings.